The summed E-state index contributed by atoms with van der Waals surface area (Å²) < 4.78 is 45.6. The maximum atomic E-state index is 12.2. The summed E-state index contributed by atoms with van der Waals surface area (Å²) in [5.74, 6) is -1.46. The van der Waals surface area contributed by atoms with Crippen molar-refractivity contribution in [2.45, 2.75) is 31.3 Å². The molecule has 1 amide bonds. The number of carboxylic acids is 1. The topological polar surface area (TPSA) is 76.1 Å². The van der Waals surface area contributed by atoms with Crippen LogP contribution in [-0.4, -0.2) is 47.1 Å². The molecule has 2 atom stereocenters. The van der Waals surface area contributed by atoms with E-state index in [1.54, 1.807) is 0 Å². The zero-order chi connectivity index (χ0) is 18.2. The van der Waals surface area contributed by atoms with E-state index in [9.17, 15) is 22.8 Å². The molecule has 1 aromatic carbocycles. The average molecular weight is 357 g/mol. The Balaban J connectivity index is 1.74. The number of rotatable bonds is 4. The van der Waals surface area contributed by atoms with Crippen LogP contribution in [0, 0.1) is 0 Å². The quantitative estimate of drug-likeness (QED) is 0.896. The molecular formula is C16H14F3NO5. The van der Waals surface area contributed by atoms with Crippen molar-refractivity contribution < 1.29 is 37.3 Å². The van der Waals surface area contributed by atoms with Gasteiger partial charge < -0.3 is 14.6 Å². The molecule has 0 saturated carbocycles. The normalized spacial score (nSPS) is 22.9. The number of benzene rings is 1. The second-order valence-corrected chi connectivity index (χ2v) is 5.75. The summed E-state index contributed by atoms with van der Waals surface area (Å²) in [6.45, 7) is -0.453. The van der Waals surface area contributed by atoms with Crippen LogP contribution >= 0.6 is 0 Å². The van der Waals surface area contributed by atoms with Gasteiger partial charge in [0.05, 0.1) is 6.04 Å². The fourth-order valence-electron chi connectivity index (χ4n) is 3.06. The maximum Gasteiger partial charge on any atom is 0.573 e. The number of ether oxygens (including phenoxy) is 2. The van der Waals surface area contributed by atoms with Crippen LogP contribution < -0.4 is 4.74 Å². The zero-order valence-electron chi connectivity index (χ0n) is 12.8. The van der Waals surface area contributed by atoms with Crippen LogP contribution in [0.25, 0.3) is 5.57 Å². The fourth-order valence-corrected chi connectivity index (χ4v) is 3.06. The standard InChI is InChI=1S/C16H14F3NO5/c17-16(18,19)25-11-4-1-9(2-5-11)10-3-6-13-12(7-10)20(8-14(21)22)15(23)24-13/h1-5,12-13H,6-8H2,(H,21,22). The van der Waals surface area contributed by atoms with Crippen LogP contribution in [0.15, 0.2) is 30.3 Å². The number of carboxylic acid groups (broad SMARTS) is 1. The van der Waals surface area contributed by atoms with Gasteiger partial charge in [0.1, 0.15) is 18.4 Å². The molecule has 9 heteroatoms. The molecule has 6 nitrogen and oxygen atoms in total. The van der Waals surface area contributed by atoms with Crippen molar-refractivity contribution in [2.24, 2.45) is 0 Å². The lowest BCUT2D eigenvalue weighted by Crippen LogP contribution is -2.41. The lowest BCUT2D eigenvalue weighted by Gasteiger charge is -2.27. The number of halogens is 3. The number of carbonyl (C=O) groups excluding carboxylic acids is 1. The van der Waals surface area contributed by atoms with Crippen LogP contribution in [0.3, 0.4) is 0 Å². The molecular weight excluding hydrogens is 343 g/mol. The van der Waals surface area contributed by atoms with E-state index in [1.165, 1.54) is 29.2 Å². The van der Waals surface area contributed by atoms with Gasteiger partial charge in [-0.05, 0) is 29.7 Å². The van der Waals surface area contributed by atoms with Gasteiger partial charge in [-0.25, -0.2) is 4.79 Å². The minimum absolute atomic E-state index is 0.322. The summed E-state index contributed by atoms with van der Waals surface area (Å²) in [5.41, 5.74) is 1.50. The molecule has 0 bridgehead atoms. The predicted octanol–water partition coefficient (Wildman–Crippen LogP) is 3.04. The van der Waals surface area contributed by atoms with E-state index in [4.69, 9.17) is 9.84 Å². The molecule has 1 aliphatic carbocycles. The monoisotopic (exact) mass is 357 g/mol. The molecule has 1 fully saturated rings. The molecule has 1 N–H and O–H groups in total. The van der Waals surface area contributed by atoms with Crippen LogP contribution in [0.5, 0.6) is 5.75 Å². The Morgan fingerprint density at radius 1 is 1.32 bits per heavy atom. The number of nitrogens with zero attached hydrogens (tertiary/aromatic N) is 1. The van der Waals surface area contributed by atoms with E-state index >= 15 is 0 Å². The molecule has 1 heterocycles. The van der Waals surface area contributed by atoms with Crippen molar-refractivity contribution in [1.29, 1.82) is 0 Å². The number of alkyl halides is 3. The highest BCUT2D eigenvalue weighted by Crippen LogP contribution is 2.36. The summed E-state index contributed by atoms with van der Waals surface area (Å²) in [4.78, 5) is 23.9. The minimum atomic E-state index is -4.75. The first-order valence-electron chi connectivity index (χ1n) is 7.47. The third-order valence-electron chi connectivity index (χ3n) is 4.11. The summed E-state index contributed by atoms with van der Waals surface area (Å²) in [6.07, 6.45) is -3.20. The lowest BCUT2D eigenvalue weighted by molar-refractivity contribution is -0.274. The first kappa shape index (κ1) is 17.1. The number of hydrogen-bond acceptors (Lipinski definition) is 4. The number of hydrogen-bond donors (Lipinski definition) is 1. The number of aliphatic carboxylic acids is 1. The molecule has 2 aliphatic rings. The summed E-state index contributed by atoms with van der Waals surface area (Å²) >= 11 is 0. The molecule has 0 spiro atoms. The number of fused-ring (bicyclic) bond motifs is 1. The molecule has 1 aliphatic heterocycles. The van der Waals surface area contributed by atoms with E-state index < -0.39 is 37.1 Å². The highest BCUT2D eigenvalue weighted by Gasteiger charge is 2.44. The van der Waals surface area contributed by atoms with Crippen molar-refractivity contribution in [3.8, 4) is 5.75 Å². The Morgan fingerprint density at radius 2 is 2.00 bits per heavy atom. The van der Waals surface area contributed by atoms with Gasteiger partial charge in [-0.1, -0.05) is 18.2 Å². The summed E-state index contributed by atoms with van der Waals surface area (Å²) in [7, 11) is 0. The Bertz CT molecular complexity index is 713. The van der Waals surface area contributed by atoms with E-state index in [0.29, 0.717) is 18.4 Å². The lowest BCUT2D eigenvalue weighted by atomic mass is 9.88. The largest absolute Gasteiger partial charge is 0.573 e. The smallest absolute Gasteiger partial charge is 0.480 e. The van der Waals surface area contributed by atoms with Gasteiger partial charge in [0.2, 0.25) is 0 Å². The second kappa shape index (κ2) is 6.30. The molecule has 2 unspecified atom stereocenters. The van der Waals surface area contributed by atoms with Crippen molar-refractivity contribution in [2.75, 3.05) is 6.54 Å². The first-order chi connectivity index (χ1) is 11.7. The fraction of sp³-hybridized carbons (Fsp3) is 0.375. The number of amides is 1. The van der Waals surface area contributed by atoms with Crippen molar-refractivity contribution in [3.05, 3.63) is 35.9 Å². The van der Waals surface area contributed by atoms with E-state index in [0.717, 1.165) is 5.57 Å². The minimum Gasteiger partial charge on any atom is -0.480 e. The van der Waals surface area contributed by atoms with Gasteiger partial charge in [-0.2, -0.15) is 0 Å². The molecule has 1 aromatic rings. The molecule has 0 aromatic heterocycles. The van der Waals surface area contributed by atoms with Gasteiger partial charge >= 0.3 is 18.4 Å². The average Bonchev–Trinajstić information content (AvgIpc) is 2.81. The van der Waals surface area contributed by atoms with Crippen LogP contribution in [0.1, 0.15) is 18.4 Å². The molecule has 3 rings (SSSR count). The van der Waals surface area contributed by atoms with E-state index in [1.807, 2.05) is 6.08 Å². The van der Waals surface area contributed by atoms with Crippen molar-refractivity contribution >= 4 is 17.6 Å². The molecule has 1 saturated heterocycles. The highest BCUT2D eigenvalue weighted by molar-refractivity contribution is 5.80. The van der Waals surface area contributed by atoms with Gasteiger partial charge in [0.15, 0.2) is 0 Å². The molecule has 25 heavy (non-hydrogen) atoms. The summed E-state index contributed by atoms with van der Waals surface area (Å²) in [5, 5.41) is 8.92. The Hall–Kier alpha value is -2.71. The molecule has 134 valence electrons. The molecule has 0 radical (unpaired) electrons. The van der Waals surface area contributed by atoms with Gasteiger partial charge in [0, 0.05) is 6.42 Å². The van der Waals surface area contributed by atoms with E-state index in [-0.39, 0.29) is 5.75 Å². The third-order valence-corrected chi connectivity index (χ3v) is 4.11. The number of carbonyl (C=O) groups is 2. The SMILES string of the molecule is O=C(O)CN1C(=O)OC2CC=C(c3ccc(OC(F)(F)F)cc3)CC21. The van der Waals surface area contributed by atoms with Crippen molar-refractivity contribution in [1.82, 2.24) is 4.90 Å². The van der Waals surface area contributed by atoms with Gasteiger partial charge in [-0.15, -0.1) is 13.2 Å². The maximum absolute atomic E-state index is 12.2. The van der Waals surface area contributed by atoms with Crippen molar-refractivity contribution in [3.63, 3.8) is 0 Å². The van der Waals surface area contributed by atoms with E-state index in [2.05, 4.69) is 4.74 Å². The second-order valence-electron chi connectivity index (χ2n) is 5.75. The Kier molecular flexibility index (Phi) is 4.32. The van der Waals surface area contributed by atoms with Crippen LogP contribution in [-0.2, 0) is 9.53 Å². The summed E-state index contributed by atoms with van der Waals surface area (Å²) in [6, 6.07) is 5.00. The predicted molar refractivity (Wildman–Crippen MR) is 78.7 cm³/mol. The van der Waals surface area contributed by atoms with Gasteiger partial charge in [-0.3, -0.25) is 9.69 Å². The van der Waals surface area contributed by atoms with Crippen LogP contribution in [0.2, 0.25) is 0 Å². The van der Waals surface area contributed by atoms with Gasteiger partial charge in [0.25, 0.3) is 0 Å². The van der Waals surface area contributed by atoms with Crippen LogP contribution in [0.4, 0.5) is 18.0 Å². The Labute approximate surface area is 140 Å². The Morgan fingerprint density at radius 3 is 2.60 bits per heavy atom. The highest BCUT2D eigenvalue weighted by atomic mass is 19.4. The first-order valence-corrected chi connectivity index (χ1v) is 7.47. The third kappa shape index (κ3) is 3.86. The zero-order valence-corrected chi connectivity index (χ0v) is 12.8.